The molecule has 0 radical (unpaired) electrons. The Balaban J connectivity index is 1.85. The molecule has 8 heteroatoms. The molecule has 138 valence electrons. The number of halogens is 1. The molecule has 7 nitrogen and oxygen atoms in total. The third kappa shape index (κ3) is 3.26. The Kier molecular flexibility index (Phi) is 4.12. The highest BCUT2D eigenvalue weighted by molar-refractivity contribution is 5.79. The van der Waals surface area contributed by atoms with Gasteiger partial charge in [-0.25, -0.2) is 14.4 Å². The van der Waals surface area contributed by atoms with E-state index in [4.69, 9.17) is 4.42 Å². The third-order valence-corrected chi connectivity index (χ3v) is 4.12. The van der Waals surface area contributed by atoms with Crippen LogP contribution in [0.3, 0.4) is 0 Å². The van der Waals surface area contributed by atoms with Gasteiger partial charge in [-0.2, -0.15) is 4.98 Å². The summed E-state index contributed by atoms with van der Waals surface area (Å²) in [6.45, 7) is 3.63. The molecule has 0 saturated heterocycles. The second-order valence-electron chi connectivity index (χ2n) is 6.80. The van der Waals surface area contributed by atoms with E-state index in [9.17, 15) is 9.50 Å². The highest BCUT2D eigenvalue weighted by Crippen LogP contribution is 2.32. The van der Waals surface area contributed by atoms with E-state index in [0.29, 0.717) is 28.9 Å². The van der Waals surface area contributed by atoms with E-state index in [0.717, 1.165) is 5.56 Å². The Morgan fingerprint density at radius 2 is 1.96 bits per heavy atom. The quantitative estimate of drug-likeness (QED) is 0.562. The number of nitrogens with one attached hydrogen (secondary N) is 1. The van der Waals surface area contributed by atoms with Crippen LogP contribution in [0.2, 0.25) is 0 Å². The summed E-state index contributed by atoms with van der Waals surface area (Å²) in [4.78, 5) is 13.3. The zero-order chi connectivity index (χ0) is 19.0. The van der Waals surface area contributed by atoms with Gasteiger partial charge in [0.05, 0.1) is 17.8 Å². The van der Waals surface area contributed by atoms with Gasteiger partial charge in [0.15, 0.2) is 0 Å². The number of nitrogens with zero attached hydrogens (tertiary/aromatic N) is 4. The minimum atomic E-state index is -0.569. The van der Waals surface area contributed by atoms with E-state index in [1.54, 1.807) is 35.0 Å². The van der Waals surface area contributed by atoms with E-state index in [1.807, 2.05) is 13.8 Å². The van der Waals surface area contributed by atoms with Gasteiger partial charge in [0.25, 0.3) is 0 Å². The lowest BCUT2D eigenvalue weighted by molar-refractivity contribution is 0.233. The van der Waals surface area contributed by atoms with Crippen molar-refractivity contribution in [1.29, 1.82) is 0 Å². The highest BCUT2D eigenvalue weighted by atomic mass is 19.1. The van der Waals surface area contributed by atoms with Crippen LogP contribution in [0.15, 0.2) is 53.4 Å². The lowest BCUT2D eigenvalue weighted by atomic mass is 10.1. The van der Waals surface area contributed by atoms with Gasteiger partial charge in [-0.05, 0) is 44.2 Å². The predicted molar refractivity (Wildman–Crippen MR) is 98.7 cm³/mol. The number of aliphatic hydroxyl groups is 1. The van der Waals surface area contributed by atoms with Crippen LogP contribution in [0, 0.1) is 5.82 Å². The minimum Gasteiger partial charge on any atom is -0.432 e. The summed E-state index contributed by atoms with van der Waals surface area (Å²) in [5.41, 5.74) is 2.13. The van der Waals surface area contributed by atoms with E-state index < -0.39 is 5.54 Å². The number of oxazole rings is 1. The fourth-order valence-corrected chi connectivity index (χ4v) is 2.73. The molecule has 0 unspecified atom stereocenters. The number of fused-ring (bicyclic) bond motifs is 1. The summed E-state index contributed by atoms with van der Waals surface area (Å²) in [5.74, 6) is 0.478. The van der Waals surface area contributed by atoms with Gasteiger partial charge in [-0.3, -0.25) is 4.40 Å². The molecule has 0 aliphatic heterocycles. The molecule has 27 heavy (non-hydrogen) atoms. The SMILES string of the molecule is CC(C)(CO)Nc1nccc(-c2c(-c3ccc(F)cc3)nc3occn23)n1. The van der Waals surface area contributed by atoms with Crippen molar-refractivity contribution in [1.82, 2.24) is 19.4 Å². The standard InChI is InChI=1S/C19H18FN5O2/c1-19(2,11-26)24-17-21-8-7-14(22-17)16-15(12-3-5-13(20)6-4-12)23-18-25(16)9-10-27-18/h3-10,26H,11H2,1-2H3,(H,21,22,24). The molecule has 0 bridgehead atoms. The normalized spacial score (nSPS) is 11.9. The first-order chi connectivity index (χ1) is 13.0. The molecule has 0 aliphatic rings. The second-order valence-corrected chi connectivity index (χ2v) is 6.80. The van der Waals surface area contributed by atoms with Crippen molar-refractivity contribution in [2.45, 2.75) is 19.4 Å². The molecule has 1 aromatic carbocycles. The fraction of sp³-hybridized carbons (Fsp3) is 0.211. The van der Waals surface area contributed by atoms with Crippen LogP contribution in [-0.2, 0) is 0 Å². The summed E-state index contributed by atoms with van der Waals surface area (Å²) in [6, 6.07) is 7.86. The van der Waals surface area contributed by atoms with Crippen molar-refractivity contribution in [3.63, 3.8) is 0 Å². The van der Waals surface area contributed by atoms with Gasteiger partial charge in [-0.1, -0.05) is 0 Å². The number of hydrogen-bond acceptors (Lipinski definition) is 6. The van der Waals surface area contributed by atoms with Crippen LogP contribution in [0.25, 0.3) is 28.5 Å². The average molecular weight is 367 g/mol. The van der Waals surface area contributed by atoms with E-state index in [-0.39, 0.29) is 12.4 Å². The van der Waals surface area contributed by atoms with Gasteiger partial charge in [0.1, 0.15) is 23.5 Å². The molecule has 4 rings (SSSR count). The molecular weight excluding hydrogens is 349 g/mol. The number of imidazole rings is 1. The first-order valence-electron chi connectivity index (χ1n) is 8.41. The van der Waals surface area contributed by atoms with E-state index >= 15 is 0 Å². The Morgan fingerprint density at radius 3 is 2.70 bits per heavy atom. The summed E-state index contributed by atoms with van der Waals surface area (Å²) in [5, 5.41) is 12.6. The zero-order valence-corrected chi connectivity index (χ0v) is 14.8. The second kappa shape index (κ2) is 6.48. The van der Waals surface area contributed by atoms with Crippen LogP contribution >= 0.6 is 0 Å². The van der Waals surface area contributed by atoms with Crippen LogP contribution < -0.4 is 5.32 Å². The van der Waals surface area contributed by atoms with Gasteiger partial charge in [-0.15, -0.1) is 0 Å². The maximum Gasteiger partial charge on any atom is 0.306 e. The molecule has 0 fully saturated rings. The summed E-state index contributed by atoms with van der Waals surface area (Å²) >= 11 is 0. The fourth-order valence-electron chi connectivity index (χ4n) is 2.73. The number of aliphatic hydroxyl groups excluding tert-OH is 1. The van der Waals surface area contributed by atoms with Crippen LogP contribution in [0.4, 0.5) is 10.3 Å². The largest absolute Gasteiger partial charge is 0.432 e. The zero-order valence-electron chi connectivity index (χ0n) is 14.8. The van der Waals surface area contributed by atoms with Crippen LogP contribution in [0.1, 0.15) is 13.8 Å². The summed E-state index contributed by atoms with van der Waals surface area (Å²) < 4.78 is 20.5. The molecule has 0 spiro atoms. The number of anilines is 1. The monoisotopic (exact) mass is 367 g/mol. The van der Waals surface area contributed by atoms with Gasteiger partial charge in [0, 0.05) is 18.0 Å². The molecule has 0 amide bonds. The van der Waals surface area contributed by atoms with Crippen molar-refractivity contribution in [3.8, 4) is 22.6 Å². The van der Waals surface area contributed by atoms with Crippen molar-refractivity contribution >= 4 is 11.8 Å². The van der Waals surface area contributed by atoms with Gasteiger partial charge in [0.2, 0.25) is 5.95 Å². The van der Waals surface area contributed by atoms with Gasteiger partial charge >= 0.3 is 5.84 Å². The third-order valence-electron chi connectivity index (χ3n) is 4.12. The van der Waals surface area contributed by atoms with Crippen LogP contribution in [-0.4, -0.2) is 36.6 Å². The predicted octanol–water partition coefficient (Wildman–Crippen LogP) is 3.37. The Bertz CT molecular complexity index is 1090. The van der Waals surface area contributed by atoms with Gasteiger partial charge < -0.3 is 14.8 Å². The van der Waals surface area contributed by atoms with E-state index in [2.05, 4.69) is 20.3 Å². The van der Waals surface area contributed by atoms with Crippen molar-refractivity contribution in [2.24, 2.45) is 0 Å². The van der Waals surface area contributed by atoms with Crippen molar-refractivity contribution in [3.05, 3.63) is 54.8 Å². The minimum absolute atomic E-state index is 0.0694. The molecule has 2 N–H and O–H groups in total. The maximum atomic E-state index is 13.3. The molecule has 0 aliphatic carbocycles. The van der Waals surface area contributed by atoms with Crippen molar-refractivity contribution in [2.75, 3.05) is 11.9 Å². The number of rotatable bonds is 5. The molecule has 3 aromatic heterocycles. The molecule has 3 heterocycles. The Hall–Kier alpha value is -3.26. The lowest BCUT2D eigenvalue weighted by Gasteiger charge is -2.23. The Labute approximate surface area is 154 Å². The number of aromatic nitrogens is 4. The first kappa shape index (κ1) is 17.2. The topological polar surface area (TPSA) is 88.5 Å². The maximum absolute atomic E-state index is 13.3. The highest BCUT2D eigenvalue weighted by Gasteiger charge is 2.21. The smallest absolute Gasteiger partial charge is 0.306 e. The number of benzene rings is 1. The van der Waals surface area contributed by atoms with Crippen molar-refractivity contribution < 1.29 is 13.9 Å². The van der Waals surface area contributed by atoms with E-state index in [1.165, 1.54) is 18.4 Å². The summed E-state index contributed by atoms with van der Waals surface area (Å²) in [6.07, 6.45) is 4.92. The molecular formula is C19H18FN5O2. The lowest BCUT2D eigenvalue weighted by Crippen LogP contribution is -2.35. The Morgan fingerprint density at radius 1 is 1.19 bits per heavy atom. The first-order valence-corrected chi connectivity index (χ1v) is 8.41. The average Bonchev–Trinajstić information content (AvgIpc) is 3.23. The number of hydrogen-bond donors (Lipinski definition) is 2. The molecule has 0 saturated carbocycles. The summed E-state index contributed by atoms with van der Waals surface area (Å²) in [7, 11) is 0. The molecule has 4 aromatic rings. The molecule has 0 atom stereocenters. The van der Waals surface area contributed by atoms with Crippen LogP contribution in [0.5, 0.6) is 0 Å².